The van der Waals surface area contributed by atoms with Crippen LogP contribution in [-0.2, 0) is 0 Å². The Kier molecular flexibility index (Phi) is 1.69. The van der Waals surface area contributed by atoms with E-state index in [1.165, 1.54) is 31.3 Å². The van der Waals surface area contributed by atoms with Gasteiger partial charge in [0.05, 0.1) is 0 Å². The highest BCUT2D eigenvalue weighted by Crippen LogP contribution is 2.32. The van der Waals surface area contributed by atoms with E-state index in [0.717, 1.165) is 0 Å². The van der Waals surface area contributed by atoms with Gasteiger partial charge in [0.15, 0.2) is 0 Å². The van der Waals surface area contributed by atoms with Crippen molar-refractivity contribution in [1.82, 2.24) is 0 Å². The average molecular weight is 146 g/mol. The van der Waals surface area contributed by atoms with E-state index in [1.807, 2.05) is 0 Å². The zero-order valence-electron chi connectivity index (χ0n) is 7.06. The van der Waals surface area contributed by atoms with Crippen molar-refractivity contribution in [3.05, 3.63) is 34.9 Å². The Morgan fingerprint density at radius 2 is 2.00 bits per heavy atom. The van der Waals surface area contributed by atoms with Crippen LogP contribution in [0.1, 0.15) is 32.6 Å². The monoisotopic (exact) mass is 146 g/mol. The zero-order valence-corrected chi connectivity index (χ0v) is 7.06. The van der Waals surface area contributed by atoms with Crippen LogP contribution in [-0.4, -0.2) is 0 Å². The maximum absolute atomic E-state index is 2.32. The molecule has 0 aromatic heterocycles. The van der Waals surface area contributed by atoms with E-state index in [-0.39, 0.29) is 0 Å². The second kappa shape index (κ2) is 2.69. The lowest BCUT2D eigenvalue weighted by Crippen LogP contribution is -2.01. The van der Waals surface area contributed by atoms with Gasteiger partial charge in [0, 0.05) is 0 Å². The Labute approximate surface area is 68.3 Å². The summed E-state index contributed by atoms with van der Waals surface area (Å²) in [5, 5.41) is 0. The van der Waals surface area contributed by atoms with E-state index in [9.17, 15) is 0 Å². The molecule has 2 aliphatic rings. The minimum Gasteiger partial charge on any atom is -0.0772 e. The fourth-order valence-electron chi connectivity index (χ4n) is 1.58. The molecule has 1 fully saturated rings. The van der Waals surface area contributed by atoms with Gasteiger partial charge >= 0.3 is 0 Å². The molecule has 0 aromatic rings. The molecule has 2 rings (SSSR count). The maximum Gasteiger partial charge on any atom is -0.00922 e. The number of rotatable bonds is 0. The van der Waals surface area contributed by atoms with Crippen molar-refractivity contribution in [3.63, 3.8) is 0 Å². The highest BCUT2D eigenvalue weighted by atomic mass is 14.2. The van der Waals surface area contributed by atoms with Gasteiger partial charge in [-0.3, -0.25) is 0 Å². The fraction of sp³-hybridized carbons (Fsp3) is 0.455. The van der Waals surface area contributed by atoms with E-state index >= 15 is 0 Å². The van der Waals surface area contributed by atoms with Crippen molar-refractivity contribution in [2.75, 3.05) is 0 Å². The van der Waals surface area contributed by atoms with Gasteiger partial charge in [0.25, 0.3) is 0 Å². The van der Waals surface area contributed by atoms with Crippen LogP contribution in [0.5, 0.6) is 0 Å². The quantitative estimate of drug-likeness (QED) is 0.491. The van der Waals surface area contributed by atoms with E-state index < -0.39 is 0 Å². The Morgan fingerprint density at radius 3 is 2.45 bits per heavy atom. The summed E-state index contributed by atoms with van der Waals surface area (Å²) in [6.07, 6.45) is 12.1. The molecule has 0 nitrogen and oxygen atoms in total. The molecular weight excluding hydrogens is 132 g/mol. The van der Waals surface area contributed by atoms with Gasteiger partial charge < -0.3 is 0 Å². The van der Waals surface area contributed by atoms with Crippen LogP contribution in [0.15, 0.2) is 34.9 Å². The fourth-order valence-corrected chi connectivity index (χ4v) is 1.58. The molecule has 0 atom stereocenters. The standard InChI is InChI=1S/C11H14/c1-9-5-7-11(8-6-9)10-3-2-4-10/h5-7H,2-4,8H2,1H3. The molecule has 0 heterocycles. The Balaban J connectivity index is 2.16. The average Bonchev–Trinajstić information content (AvgIpc) is 1.90. The van der Waals surface area contributed by atoms with Gasteiger partial charge in [-0.2, -0.15) is 0 Å². The minimum absolute atomic E-state index is 1.18. The lowest BCUT2D eigenvalue weighted by molar-refractivity contribution is 0.651. The van der Waals surface area contributed by atoms with Gasteiger partial charge in [-0.05, 0) is 38.2 Å². The smallest absolute Gasteiger partial charge is 0.00922 e. The highest BCUT2D eigenvalue weighted by molar-refractivity contribution is 5.38. The molecule has 0 radical (unpaired) electrons. The first-order chi connectivity index (χ1) is 5.36. The van der Waals surface area contributed by atoms with Gasteiger partial charge in [-0.15, -0.1) is 0 Å². The molecule has 0 bridgehead atoms. The van der Waals surface area contributed by atoms with Crippen molar-refractivity contribution in [2.45, 2.75) is 32.6 Å². The lowest BCUT2D eigenvalue weighted by Gasteiger charge is -2.21. The Bertz CT molecular complexity index is 245. The normalized spacial score (nSPS) is 23.2. The second-order valence-electron chi connectivity index (χ2n) is 3.47. The largest absolute Gasteiger partial charge is 0.0772 e. The maximum atomic E-state index is 2.32. The molecule has 0 heteroatoms. The van der Waals surface area contributed by atoms with E-state index in [0.29, 0.717) is 0 Å². The van der Waals surface area contributed by atoms with Crippen molar-refractivity contribution in [3.8, 4) is 0 Å². The molecule has 0 saturated heterocycles. The van der Waals surface area contributed by atoms with Crippen LogP contribution in [0.4, 0.5) is 0 Å². The van der Waals surface area contributed by atoms with Crippen molar-refractivity contribution in [2.24, 2.45) is 0 Å². The first kappa shape index (κ1) is 6.90. The summed E-state index contributed by atoms with van der Waals surface area (Å²) in [5.41, 5.74) is 4.69. The van der Waals surface area contributed by atoms with Crippen molar-refractivity contribution < 1.29 is 0 Å². The van der Waals surface area contributed by atoms with Crippen LogP contribution in [0.3, 0.4) is 0 Å². The summed E-state index contributed by atoms with van der Waals surface area (Å²) < 4.78 is 0. The molecule has 11 heavy (non-hydrogen) atoms. The topological polar surface area (TPSA) is 0 Å². The summed E-state index contributed by atoms with van der Waals surface area (Å²) >= 11 is 0. The molecule has 2 aliphatic carbocycles. The van der Waals surface area contributed by atoms with E-state index in [4.69, 9.17) is 0 Å². The number of hydrogen-bond donors (Lipinski definition) is 0. The first-order valence-corrected chi connectivity index (χ1v) is 4.42. The molecule has 0 N–H and O–H groups in total. The summed E-state index contributed by atoms with van der Waals surface area (Å²) in [5.74, 6) is 0. The molecule has 0 spiro atoms. The Morgan fingerprint density at radius 1 is 1.18 bits per heavy atom. The highest BCUT2D eigenvalue weighted by Gasteiger charge is 2.12. The third-order valence-electron chi connectivity index (χ3n) is 2.60. The molecule has 0 aromatic carbocycles. The predicted octanol–water partition coefficient (Wildman–Crippen LogP) is 3.37. The van der Waals surface area contributed by atoms with Crippen LogP contribution >= 0.6 is 0 Å². The third-order valence-corrected chi connectivity index (χ3v) is 2.60. The minimum atomic E-state index is 1.18. The molecule has 0 aliphatic heterocycles. The Hall–Kier alpha value is -0.780. The van der Waals surface area contributed by atoms with Crippen LogP contribution in [0.25, 0.3) is 0 Å². The summed E-state index contributed by atoms with van der Waals surface area (Å²) in [6, 6.07) is 0. The third kappa shape index (κ3) is 1.30. The lowest BCUT2D eigenvalue weighted by atomic mass is 9.85. The number of hydrogen-bond acceptors (Lipinski definition) is 0. The molecule has 0 unspecified atom stereocenters. The zero-order chi connectivity index (χ0) is 7.68. The van der Waals surface area contributed by atoms with Crippen LogP contribution in [0, 0.1) is 0 Å². The SMILES string of the molecule is CC1=CCC(=C2CCC2)C=C1. The predicted molar refractivity (Wildman–Crippen MR) is 48.4 cm³/mol. The van der Waals surface area contributed by atoms with Gasteiger partial charge in [-0.1, -0.05) is 29.4 Å². The van der Waals surface area contributed by atoms with Gasteiger partial charge in [-0.25, -0.2) is 0 Å². The van der Waals surface area contributed by atoms with Crippen molar-refractivity contribution in [1.29, 1.82) is 0 Å². The first-order valence-electron chi connectivity index (χ1n) is 4.42. The van der Waals surface area contributed by atoms with Gasteiger partial charge in [0.1, 0.15) is 0 Å². The van der Waals surface area contributed by atoms with Crippen molar-refractivity contribution >= 4 is 0 Å². The van der Waals surface area contributed by atoms with E-state index in [2.05, 4.69) is 25.2 Å². The molecular formula is C11H14. The summed E-state index contributed by atoms with van der Waals surface area (Å²) in [7, 11) is 0. The molecule has 1 saturated carbocycles. The second-order valence-corrected chi connectivity index (χ2v) is 3.47. The summed E-state index contributed by atoms with van der Waals surface area (Å²) in [6.45, 7) is 2.17. The van der Waals surface area contributed by atoms with Gasteiger partial charge in [0.2, 0.25) is 0 Å². The summed E-state index contributed by atoms with van der Waals surface area (Å²) in [4.78, 5) is 0. The van der Waals surface area contributed by atoms with Crippen LogP contribution in [0.2, 0.25) is 0 Å². The number of allylic oxidation sites excluding steroid dienone is 6. The molecule has 58 valence electrons. The molecule has 0 amide bonds. The van der Waals surface area contributed by atoms with E-state index in [1.54, 1.807) is 11.1 Å². The van der Waals surface area contributed by atoms with Crippen LogP contribution < -0.4 is 0 Å².